The Kier molecular flexibility index (Phi) is 6.37. The van der Waals surface area contributed by atoms with Crippen molar-refractivity contribution in [2.24, 2.45) is 16.7 Å². The maximum absolute atomic E-state index is 6.28. The number of benzene rings is 2. The van der Waals surface area contributed by atoms with Crippen LogP contribution < -0.4 is 11.6 Å². The van der Waals surface area contributed by atoms with Gasteiger partial charge >= 0.3 is 0 Å². The molecule has 6 heteroatoms. The van der Waals surface area contributed by atoms with Gasteiger partial charge in [0.05, 0.1) is 5.69 Å². The van der Waals surface area contributed by atoms with Gasteiger partial charge in [-0.25, -0.2) is 4.98 Å². The highest BCUT2D eigenvalue weighted by Gasteiger charge is 2.13. The molecule has 0 saturated heterocycles. The lowest BCUT2D eigenvalue weighted by Gasteiger charge is -2.12. The Bertz CT molecular complexity index is 973. The van der Waals surface area contributed by atoms with Crippen molar-refractivity contribution in [1.29, 1.82) is 0 Å². The number of nitrogens with zero attached hydrogens (tertiary/aromatic N) is 3. The molecule has 146 valence electrons. The first kappa shape index (κ1) is 20.0. The number of unbranched alkanes of at least 4 members (excludes halogenated alkanes) is 1. The number of hydrogen-bond donors (Lipinski definition) is 2. The third-order valence-electron chi connectivity index (χ3n) is 4.94. The van der Waals surface area contributed by atoms with Crippen molar-refractivity contribution in [3.05, 3.63) is 76.3 Å². The van der Waals surface area contributed by atoms with Gasteiger partial charge in [0, 0.05) is 18.5 Å². The van der Waals surface area contributed by atoms with Crippen LogP contribution in [-0.2, 0) is 13.0 Å². The molecule has 3 rings (SSSR count). The van der Waals surface area contributed by atoms with E-state index in [2.05, 4.69) is 45.8 Å². The molecule has 5 nitrogen and oxygen atoms in total. The third kappa shape index (κ3) is 4.20. The Morgan fingerprint density at radius 1 is 1.14 bits per heavy atom. The predicted octanol–water partition coefficient (Wildman–Crippen LogP) is 4.48. The molecule has 0 unspecified atom stereocenters. The zero-order valence-electron chi connectivity index (χ0n) is 16.3. The molecule has 4 N–H and O–H groups in total. The summed E-state index contributed by atoms with van der Waals surface area (Å²) in [5.74, 6) is 6.74. The number of amidine groups is 1. The Morgan fingerprint density at radius 2 is 1.86 bits per heavy atom. The van der Waals surface area contributed by atoms with E-state index in [1.54, 1.807) is 0 Å². The van der Waals surface area contributed by atoms with Crippen LogP contribution in [0.1, 0.15) is 42.4 Å². The number of hydrazone groups is 1. The molecular formula is C22H26ClN5. The van der Waals surface area contributed by atoms with Crippen LogP contribution in [0.3, 0.4) is 0 Å². The van der Waals surface area contributed by atoms with Gasteiger partial charge in [0.25, 0.3) is 0 Å². The van der Waals surface area contributed by atoms with Crippen LogP contribution in [0.5, 0.6) is 0 Å². The molecular weight excluding hydrogens is 370 g/mol. The Labute approximate surface area is 171 Å². The molecule has 0 aliphatic carbocycles. The van der Waals surface area contributed by atoms with E-state index in [0.717, 1.165) is 54.0 Å². The minimum Gasteiger partial charge on any atom is -0.382 e. The molecule has 1 heterocycles. The van der Waals surface area contributed by atoms with Crippen molar-refractivity contribution in [1.82, 2.24) is 9.55 Å². The summed E-state index contributed by atoms with van der Waals surface area (Å²) in [6.45, 7) is 4.95. The summed E-state index contributed by atoms with van der Waals surface area (Å²) in [6, 6.07) is 16.3. The second-order valence-corrected chi connectivity index (χ2v) is 7.21. The molecule has 0 radical (unpaired) electrons. The standard InChI is InChI=1S/C22H26ClN5/c1-3-4-9-20-26-21(23)15(2)28(20)14-16-10-12-17(13-11-16)18-7-5-6-8-19(18)22(24)27-25/h5-8,10-13H,3-4,9,14,25H2,1-2H3,(H2,24,27). The SMILES string of the molecule is CCCCc1nc(Cl)c(C)n1Cc1ccc(-c2ccccc2/C(N)=N/N)cc1. The van der Waals surface area contributed by atoms with E-state index < -0.39 is 0 Å². The summed E-state index contributed by atoms with van der Waals surface area (Å²) in [5, 5.41) is 4.23. The monoisotopic (exact) mass is 395 g/mol. The largest absolute Gasteiger partial charge is 0.382 e. The Balaban J connectivity index is 1.88. The van der Waals surface area contributed by atoms with Gasteiger partial charge in [-0.1, -0.05) is 73.5 Å². The summed E-state index contributed by atoms with van der Waals surface area (Å²) < 4.78 is 2.21. The molecule has 0 bridgehead atoms. The summed E-state index contributed by atoms with van der Waals surface area (Å²) in [6.07, 6.45) is 3.17. The van der Waals surface area contributed by atoms with Gasteiger partial charge in [0.15, 0.2) is 5.84 Å². The number of aryl methyl sites for hydroxylation is 1. The minimum atomic E-state index is 0.323. The van der Waals surface area contributed by atoms with E-state index in [4.69, 9.17) is 23.2 Å². The van der Waals surface area contributed by atoms with Gasteiger partial charge in [0.2, 0.25) is 0 Å². The van der Waals surface area contributed by atoms with Crippen molar-refractivity contribution in [3.63, 3.8) is 0 Å². The first-order valence-electron chi connectivity index (χ1n) is 9.48. The minimum absolute atomic E-state index is 0.323. The quantitative estimate of drug-likeness (QED) is 0.268. The van der Waals surface area contributed by atoms with Crippen LogP contribution in [0.25, 0.3) is 11.1 Å². The van der Waals surface area contributed by atoms with Crippen molar-refractivity contribution in [2.75, 3.05) is 0 Å². The smallest absolute Gasteiger partial charge is 0.150 e. The van der Waals surface area contributed by atoms with E-state index in [1.165, 1.54) is 5.56 Å². The number of halogens is 1. The molecule has 1 aromatic heterocycles. The van der Waals surface area contributed by atoms with E-state index in [0.29, 0.717) is 11.0 Å². The Morgan fingerprint density at radius 3 is 2.54 bits per heavy atom. The van der Waals surface area contributed by atoms with Crippen molar-refractivity contribution in [3.8, 4) is 11.1 Å². The third-order valence-corrected chi connectivity index (χ3v) is 5.30. The molecule has 0 saturated carbocycles. The van der Waals surface area contributed by atoms with E-state index >= 15 is 0 Å². The molecule has 2 aromatic carbocycles. The second-order valence-electron chi connectivity index (χ2n) is 6.85. The van der Waals surface area contributed by atoms with Crippen LogP contribution in [-0.4, -0.2) is 15.4 Å². The van der Waals surface area contributed by atoms with E-state index in [-0.39, 0.29) is 0 Å². The number of nitrogens with two attached hydrogens (primary N) is 2. The molecule has 0 amide bonds. The van der Waals surface area contributed by atoms with Crippen LogP contribution >= 0.6 is 11.6 Å². The number of aromatic nitrogens is 2. The van der Waals surface area contributed by atoms with E-state index in [1.807, 2.05) is 31.2 Å². The average Bonchev–Trinajstić information content (AvgIpc) is 3.00. The molecule has 0 aliphatic rings. The van der Waals surface area contributed by atoms with Gasteiger partial charge in [-0.15, -0.1) is 0 Å². The zero-order valence-corrected chi connectivity index (χ0v) is 17.1. The molecule has 0 aliphatic heterocycles. The highest BCUT2D eigenvalue weighted by Crippen LogP contribution is 2.25. The van der Waals surface area contributed by atoms with Crippen molar-refractivity contribution >= 4 is 17.4 Å². The predicted molar refractivity (Wildman–Crippen MR) is 116 cm³/mol. The maximum atomic E-state index is 6.28. The lowest BCUT2D eigenvalue weighted by Crippen LogP contribution is -2.16. The fourth-order valence-corrected chi connectivity index (χ4v) is 3.49. The highest BCUT2D eigenvalue weighted by atomic mass is 35.5. The average molecular weight is 396 g/mol. The van der Waals surface area contributed by atoms with Gasteiger partial charge < -0.3 is 16.1 Å². The normalized spacial score (nSPS) is 11.8. The van der Waals surface area contributed by atoms with E-state index in [9.17, 15) is 0 Å². The van der Waals surface area contributed by atoms with Gasteiger partial charge in [-0.2, -0.15) is 5.10 Å². The van der Waals surface area contributed by atoms with Gasteiger partial charge in [-0.05, 0) is 30.0 Å². The molecule has 28 heavy (non-hydrogen) atoms. The van der Waals surface area contributed by atoms with Crippen LogP contribution in [0, 0.1) is 6.92 Å². The Hall–Kier alpha value is -2.79. The second kappa shape index (κ2) is 8.93. The number of rotatable bonds is 7. The van der Waals surface area contributed by atoms with Crippen LogP contribution in [0.2, 0.25) is 5.15 Å². The molecule has 0 spiro atoms. The van der Waals surface area contributed by atoms with Crippen LogP contribution in [0.4, 0.5) is 0 Å². The summed E-state index contributed by atoms with van der Waals surface area (Å²) >= 11 is 6.28. The lowest BCUT2D eigenvalue weighted by molar-refractivity contribution is 0.667. The fraction of sp³-hybridized carbons (Fsp3) is 0.273. The topological polar surface area (TPSA) is 82.2 Å². The number of imidazole rings is 1. The molecule has 0 atom stereocenters. The fourth-order valence-electron chi connectivity index (χ4n) is 3.30. The highest BCUT2D eigenvalue weighted by molar-refractivity contribution is 6.30. The first-order valence-corrected chi connectivity index (χ1v) is 9.86. The van der Waals surface area contributed by atoms with Crippen molar-refractivity contribution < 1.29 is 0 Å². The maximum Gasteiger partial charge on any atom is 0.150 e. The summed E-state index contributed by atoms with van der Waals surface area (Å²) in [5.41, 5.74) is 11.0. The van der Waals surface area contributed by atoms with Gasteiger partial charge in [-0.3, -0.25) is 0 Å². The number of hydrogen-bond acceptors (Lipinski definition) is 3. The molecule has 0 fully saturated rings. The summed E-state index contributed by atoms with van der Waals surface area (Å²) in [7, 11) is 0. The van der Waals surface area contributed by atoms with Gasteiger partial charge in [0.1, 0.15) is 11.0 Å². The molecule has 3 aromatic rings. The zero-order chi connectivity index (χ0) is 20.1. The first-order chi connectivity index (χ1) is 13.5. The summed E-state index contributed by atoms with van der Waals surface area (Å²) in [4.78, 5) is 4.54. The van der Waals surface area contributed by atoms with Crippen molar-refractivity contribution in [2.45, 2.75) is 39.7 Å². The lowest BCUT2D eigenvalue weighted by atomic mass is 9.98. The van der Waals surface area contributed by atoms with Crippen LogP contribution in [0.15, 0.2) is 53.6 Å².